The van der Waals surface area contributed by atoms with E-state index in [4.69, 9.17) is 0 Å². The van der Waals surface area contributed by atoms with Crippen molar-refractivity contribution in [3.8, 4) is 0 Å². The average molecular weight is 191 g/mol. The van der Waals surface area contributed by atoms with Gasteiger partial charge in [-0.15, -0.1) is 0 Å². The molecule has 14 heavy (non-hydrogen) atoms. The minimum atomic E-state index is 0.893. The van der Waals surface area contributed by atoms with Crippen molar-refractivity contribution >= 4 is 5.82 Å². The summed E-state index contributed by atoms with van der Waals surface area (Å²) in [6.07, 6.45) is 7.89. The minimum absolute atomic E-state index is 0.893. The summed E-state index contributed by atoms with van der Waals surface area (Å²) in [5.74, 6) is 0.893. The first-order valence-electron chi connectivity index (χ1n) is 4.95. The lowest BCUT2D eigenvalue weighted by atomic mass is 10.2. The van der Waals surface area contributed by atoms with E-state index in [0.717, 1.165) is 23.5 Å². The van der Waals surface area contributed by atoms with Crippen molar-refractivity contribution in [1.82, 2.24) is 9.97 Å². The van der Waals surface area contributed by atoms with Gasteiger partial charge in [-0.2, -0.15) is 0 Å². The molecule has 0 aliphatic heterocycles. The molecular weight excluding hydrogens is 174 g/mol. The van der Waals surface area contributed by atoms with Gasteiger partial charge in [0.05, 0.1) is 0 Å². The quantitative estimate of drug-likeness (QED) is 0.795. The molecule has 1 aromatic rings. The molecule has 0 saturated heterocycles. The lowest BCUT2D eigenvalue weighted by Crippen LogP contribution is -1.98. The molecule has 1 N–H and O–H groups in total. The third-order valence-corrected chi connectivity index (χ3v) is 2.13. The van der Waals surface area contributed by atoms with Crippen molar-refractivity contribution in [2.45, 2.75) is 33.6 Å². The zero-order valence-electron chi connectivity index (χ0n) is 9.04. The molecule has 76 valence electrons. The minimum Gasteiger partial charge on any atom is -0.347 e. The Bertz CT molecular complexity index is 318. The second kappa shape index (κ2) is 5.37. The highest BCUT2D eigenvalue weighted by Crippen LogP contribution is 2.12. The summed E-state index contributed by atoms with van der Waals surface area (Å²) in [5.41, 5.74) is 2.13. The standard InChI is InChI=1S/C11H17N3/c1-4-5-6-7-12-11-9(2)10(3)13-8-14-11/h6-8H,4-5H2,1-3H3,(H,12,13,14)/b7-6+. The maximum atomic E-state index is 4.16. The summed E-state index contributed by atoms with van der Waals surface area (Å²) in [4.78, 5) is 8.27. The third kappa shape index (κ3) is 2.83. The number of nitrogens with one attached hydrogen (secondary N) is 1. The van der Waals surface area contributed by atoms with Crippen LogP contribution in [0, 0.1) is 13.8 Å². The third-order valence-electron chi connectivity index (χ3n) is 2.13. The first-order valence-corrected chi connectivity index (χ1v) is 4.95. The topological polar surface area (TPSA) is 37.8 Å². The molecule has 3 nitrogen and oxygen atoms in total. The van der Waals surface area contributed by atoms with E-state index in [1.807, 2.05) is 20.0 Å². The Labute approximate surface area is 85.3 Å². The molecule has 0 bridgehead atoms. The maximum Gasteiger partial charge on any atom is 0.136 e. The SMILES string of the molecule is CCC/C=C/Nc1ncnc(C)c1C. The number of hydrogen-bond acceptors (Lipinski definition) is 3. The number of rotatable bonds is 4. The Morgan fingerprint density at radius 3 is 2.86 bits per heavy atom. The summed E-state index contributed by atoms with van der Waals surface area (Å²) in [5, 5.41) is 3.16. The van der Waals surface area contributed by atoms with Gasteiger partial charge < -0.3 is 5.32 Å². The average Bonchev–Trinajstić information content (AvgIpc) is 2.19. The highest BCUT2D eigenvalue weighted by Gasteiger charge is 1.99. The molecular formula is C11H17N3. The molecule has 0 fully saturated rings. The zero-order chi connectivity index (χ0) is 10.4. The molecule has 0 atom stereocenters. The number of unbranched alkanes of at least 4 members (excludes halogenated alkanes) is 1. The van der Waals surface area contributed by atoms with Crippen molar-refractivity contribution in [2.75, 3.05) is 5.32 Å². The molecule has 0 saturated carbocycles. The van der Waals surface area contributed by atoms with E-state index in [2.05, 4.69) is 28.3 Å². The predicted molar refractivity (Wildman–Crippen MR) is 59.2 cm³/mol. The van der Waals surface area contributed by atoms with E-state index >= 15 is 0 Å². The van der Waals surface area contributed by atoms with Gasteiger partial charge in [-0.05, 0) is 26.5 Å². The van der Waals surface area contributed by atoms with Crippen LogP contribution in [0.2, 0.25) is 0 Å². The van der Waals surface area contributed by atoms with Gasteiger partial charge in [-0.3, -0.25) is 0 Å². The van der Waals surface area contributed by atoms with E-state index in [9.17, 15) is 0 Å². The van der Waals surface area contributed by atoms with Crippen LogP contribution in [0.15, 0.2) is 18.6 Å². The predicted octanol–water partition coefficient (Wildman–Crippen LogP) is 2.82. The summed E-state index contributed by atoms with van der Waals surface area (Å²) >= 11 is 0. The Hall–Kier alpha value is -1.38. The molecule has 0 amide bonds. The van der Waals surface area contributed by atoms with Crippen molar-refractivity contribution in [3.63, 3.8) is 0 Å². The smallest absolute Gasteiger partial charge is 0.136 e. The summed E-state index contributed by atoms with van der Waals surface area (Å²) in [6.45, 7) is 6.16. The first kappa shape index (κ1) is 10.7. The van der Waals surface area contributed by atoms with Crippen LogP contribution in [0.25, 0.3) is 0 Å². The lowest BCUT2D eigenvalue weighted by molar-refractivity contribution is 0.956. The van der Waals surface area contributed by atoms with Crippen LogP contribution in [0.5, 0.6) is 0 Å². The monoisotopic (exact) mass is 191 g/mol. The van der Waals surface area contributed by atoms with Gasteiger partial charge in [-0.1, -0.05) is 19.4 Å². The normalized spacial score (nSPS) is 10.8. The molecule has 0 aliphatic rings. The van der Waals surface area contributed by atoms with Gasteiger partial charge in [0, 0.05) is 11.3 Å². The van der Waals surface area contributed by atoms with Crippen LogP contribution in [-0.4, -0.2) is 9.97 Å². The first-order chi connectivity index (χ1) is 6.75. The Kier molecular flexibility index (Phi) is 4.11. The van der Waals surface area contributed by atoms with Gasteiger partial charge in [0.25, 0.3) is 0 Å². The van der Waals surface area contributed by atoms with Crippen molar-refractivity contribution in [1.29, 1.82) is 0 Å². The largest absolute Gasteiger partial charge is 0.347 e. The summed E-state index contributed by atoms with van der Waals surface area (Å²) < 4.78 is 0. The van der Waals surface area contributed by atoms with Crippen LogP contribution in [-0.2, 0) is 0 Å². The molecule has 1 heterocycles. The summed E-state index contributed by atoms with van der Waals surface area (Å²) in [7, 11) is 0. The van der Waals surface area contributed by atoms with Crippen molar-refractivity contribution < 1.29 is 0 Å². The molecule has 0 radical (unpaired) electrons. The summed E-state index contributed by atoms with van der Waals surface area (Å²) in [6, 6.07) is 0. The Morgan fingerprint density at radius 2 is 2.14 bits per heavy atom. The highest BCUT2D eigenvalue weighted by molar-refractivity contribution is 5.46. The van der Waals surface area contributed by atoms with Gasteiger partial charge in [-0.25, -0.2) is 9.97 Å². The fourth-order valence-electron chi connectivity index (χ4n) is 1.07. The number of anilines is 1. The van der Waals surface area contributed by atoms with Crippen LogP contribution < -0.4 is 5.32 Å². The Balaban J connectivity index is 2.63. The van der Waals surface area contributed by atoms with Crippen molar-refractivity contribution in [2.24, 2.45) is 0 Å². The van der Waals surface area contributed by atoms with Gasteiger partial charge in [0.1, 0.15) is 12.1 Å². The van der Waals surface area contributed by atoms with Crippen LogP contribution in [0.1, 0.15) is 31.0 Å². The van der Waals surface area contributed by atoms with Crippen LogP contribution >= 0.6 is 0 Å². The maximum absolute atomic E-state index is 4.16. The number of nitrogens with zero attached hydrogens (tertiary/aromatic N) is 2. The van der Waals surface area contributed by atoms with Crippen molar-refractivity contribution in [3.05, 3.63) is 29.9 Å². The molecule has 0 aliphatic carbocycles. The second-order valence-electron chi connectivity index (χ2n) is 3.27. The number of aryl methyl sites for hydroxylation is 1. The molecule has 3 heteroatoms. The van der Waals surface area contributed by atoms with Gasteiger partial charge in [0.15, 0.2) is 0 Å². The molecule has 1 aromatic heterocycles. The number of hydrogen-bond donors (Lipinski definition) is 1. The van der Waals surface area contributed by atoms with Gasteiger partial charge in [0.2, 0.25) is 0 Å². The second-order valence-corrected chi connectivity index (χ2v) is 3.27. The van der Waals surface area contributed by atoms with E-state index in [1.165, 1.54) is 6.42 Å². The van der Waals surface area contributed by atoms with E-state index in [-0.39, 0.29) is 0 Å². The highest BCUT2D eigenvalue weighted by atomic mass is 15.0. The van der Waals surface area contributed by atoms with Crippen LogP contribution in [0.3, 0.4) is 0 Å². The van der Waals surface area contributed by atoms with E-state index in [1.54, 1.807) is 6.33 Å². The van der Waals surface area contributed by atoms with E-state index < -0.39 is 0 Å². The zero-order valence-corrected chi connectivity index (χ0v) is 9.04. The number of allylic oxidation sites excluding steroid dienone is 1. The molecule has 0 unspecified atom stereocenters. The molecule has 0 aromatic carbocycles. The molecule has 0 spiro atoms. The Morgan fingerprint density at radius 1 is 1.36 bits per heavy atom. The number of aromatic nitrogens is 2. The van der Waals surface area contributed by atoms with Crippen LogP contribution in [0.4, 0.5) is 5.82 Å². The van der Waals surface area contributed by atoms with E-state index in [0.29, 0.717) is 0 Å². The fourth-order valence-corrected chi connectivity index (χ4v) is 1.07. The lowest BCUT2D eigenvalue weighted by Gasteiger charge is -2.05. The van der Waals surface area contributed by atoms with Gasteiger partial charge >= 0.3 is 0 Å². The fraction of sp³-hybridized carbons (Fsp3) is 0.455. The molecule has 1 rings (SSSR count).